The van der Waals surface area contributed by atoms with Crippen molar-refractivity contribution in [1.29, 1.82) is 0 Å². The number of carbonyl (C=O) groups is 2. The van der Waals surface area contributed by atoms with E-state index < -0.39 is 18.8 Å². The molecule has 0 aliphatic carbocycles. The molecule has 0 aliphatic heterocycles. The molecule has 0 spiro atoms. The second-order valence-electron chi connectivity index (χ2n) is 4.88. The normalized spacial score (nSPS) is 11.0. The SMILES string of the molecule is COc1cc(CCC(=O)NCCC(=O)O)ccc1OCC(F)(F)F. The molecule has 0 aromatic heterocycles. The van der Waals surface area contributed by atoms with E-state index in [-0.39, 0.29) is 36.8 Å². The number of aliphatic carboxylic acids is 1. The molecule has 0 aliphatic rings. The summed E-state index contributed by atoms with van der Waals surface area (Å²) >= 11 is 0. The highest BCUT2D eigenvalue weighted by atomic mass is 19.4. The summed E-state index contributed by atoms with van der Waals surface area (Å²) in [6, 6.07) is 4.39. The van der Waals surface area contributed by atoms with Crippen molar-refractivity contribution < 1.29 is 37.3 Å². The fourth-order valence-corrected chi connectivity index (χ4v) is 1.80. The van der Waals surface area contributed by atoms with E-state index in [4.69, 9.17) is 9.84 Å². The smallest absolute Gasteiger partial charge is 0.422 e. The van der Waals surface area contributed by atoms with Gasteiger partial charge in [0.25, 0.3) is 0 Å². The number of benzene rings is 1. The van der Waals surface area contributed by atoms with Crippen LogP contribution in [0.15, 0.2) is 18.2 Å². The summed E-state index contributed by atoms with van der Waals surface area (Å²) in [6.07, 6.45) is -4.16. The van der Waals surface area contributed by atoms with Crippen LogP contribution in [-0.2, 0) is 16.0 Å². The van der Waals surface area contributed by atoms with E-state index in [0.717, 1.165) is 0 Å². The van der Waals surface area contributed by atoms with Gasteiger partial charge in [0.2, 0.25) is 5.91 Å². The van der Waals surface area contributed by atoms with Crippen LogP contribution in [-0.4, -0.2) is 43.4 Å². The maximum Gasteiger partial charge on any atom is 0.422 e. The van der Waals surface area contributed by atoms with Crippen molar-refractivity contribution in [2.75, 3.05) is 20.3 Å². The molecule has 0 bridgehead atoms. The first-order chi connectivity index (χ1) is 11.2. The lowest BCUT2D eigenvalue weighted by molar-refractivity contribution is -0.153. The van der Waals surface area contributed by atoms with Crippen LogP contribution in [0, 0.1) is 0 Å². The zero-order valence-electron chi connectivity index (χ0n) is 13.0. The largest absolute Gasteiger partial charge is 0.493 e. The first kappa shape index (κ1) is 19.6. The van der Waals surface area contributed by atoms with E-state index in [0.29, 0.717) is 12.0 Å². The number of aryl methyl sites for hydroxylation is 1. The van der Waals surface area contributed by atoms with E-state index in [9.17, 15) is 22.8 Å². The molecule has 0 fully saturated rings. The lowest BCUT2D eigenvalue weighted by atomic mass is 10.1. The lowest BCUT2D eigenvalue weighted by Crippen LogP contribution is -2.26. The highest BCUT2D eigenvalue weighted by molar-refractivity contribution is 5.77. The number of carboxylic acids is 1. The Labute approximate surface area is 136 Å². The van der Waals surface area contributed by atoms with Crippen LogP contribution in [0.1, 0.15) is 18.4 Å². The van der Waals surface area contributed by atoms with Crippen molar-refractivity contribution in [3.05, 3.63) is 23.8 Å². The summed E-state index contributed by atoms with van der Waals surface area (Å²) in [7, 11) is 1.30. The predicted molar refractivity (Wildman–Crippen MR) is 78.1 cm³/mol. The summed E-state index contributed by atoms with van der Waals surface area (Å²) in [5, 5.41) is 10.9. The van der Waals surface area contributed by atoms with Gasteiger partial charge in [-0.15, -0.1) is 0 Å². The van der Waals surface area contributed by atoms with Gasteiger partial charge in [-0.1, -0.05) is 6.07 Å². The summed E-state index contributed by atoms with van der Waals surface area (Å²) in [5.41, 5.74) is 0.680. The molecule has 9 heteroatoms. The van der Waals surface area contributed by atoms with Crippen molar-refractivity contribution >= 4 is 11.9 Å². The van der Waals surface area contributed by atoms with Crippen molar-refractivity contribution in [1.82, 2.24) is 5.32 Å². The van der Waals surface area contributed by atoms with Crippen molar-refractivity contribution in [3.63, 3.8) is 0 Å². The molecule has 0 radical (unpaired) electrons. The van der Waals surface area contributed by atoms with Gasteiger partial charge in [0.15, 0.2) is 18.1 Å². The Morgan fingerprint density at radius 1 is 1.21 bits per heavy atom. The van der Waals surface area contributed by atoms with E-state index >= 15 is 0 Å². The Hall–Kier alpha value is -2.45. The monoisotopic (exact) mass is 349 g/mol. The molecule has 0 saturated heterocycles. The third-order valence-electron chi connectivity index (χ3n) is 2.92. The van der Waals surface area contributed by atoms with Gasteiger partial charge in [-0.3, -0.25) is 9.59 Å². The van der Waals surface area contributed by atoms with Crippen LogP contribution in [0.3, 0.4) is 0 Å². The van der Waals surface area contributed by atoms with Gasteiger partial charge in [0.05, 0.1) is 13.5 Å². The predicted octanol–water partition coefficient (Wildman–Crippen LogP) is 2.16. The molecule has 1 aromatic rings. The minimum Gasteiger partial charge on any atom is -0.493 e. The zero-order chi connectivity index (χ0) is 18.2. The minimum atomic E-state index is -4.45. The van der Waals surface area contributed by atoms with Gasteiger partial charge in [-0.05, 0) is 24.1 Å². The highest BCUT2D eigenvalue weighted by Crippen LogP contribution is 2.30. The molecular formula is C15H18F3NO5. The number of hydrogen-bond donors (Lipinski definition) is 2. The third kappa shape index (κ3) is 7.70. The molecule has 0 unspecified atom stereocenters. The average molecular weight is 349 g/mol. The van der Waals surface area contributed by atoms with Gasteiger partial charge in [0.1, 0.15) is 0 Å². The number of carboxylic acid groups (broad SMARTS) is 1. The Bertz CT molecular complexity index is 575. The molecular weight excluding hydrogens is 331 g/mol. The van der Waals surface area contributed by atoms with Crippen LogP contribution < -0.4 is 14.8 Å². The molecule has 0 saturated carbocycles. The number of ether oxygens (including phenoxy) is 2. The Morgan fingerprint density at radius 3 is 2.50 bits per heavy atom. The Morgan fingerprint density at radius 2 is 1.92 bits per heavy atom. The first-order valence-corrected chi connectivity index (χ1v) is 7.06. The highest BCUT2D eigenvalue weighted by Gasteiger charge is 2.29. The van der Waals surface area contributed by atoms with Crippen LogP contribution >= 0.6 is 0 Å². The maximum atomic E-state index is 12.2. The number of alkyl halides is 3. The van der Waals surface area contributed by atoms with E-state index in [1.807, 2.05) is 0 Å². The molecule has 0 heterocycles. The number of halogens is 3. The van der Waals surface area contributed by atoms with Gasteiger partial charge < -0.3 is 19.9 Å². The van der Waals surface area contributed by atoms with Crippen LogP contribution in [0.25, 0.3) is 0 Å². The van der Waals surface area contributed by atoms with Crippen molar-refractivity contribution in [3.8, 4) is 11.5 Å². The molecule has 24 heavy (non-hydrogen) atoms. The topological polar surface area (TPSA) is 84.9 Å². The fraction of sp³-hybridized carbons (Fsp3) is 0.467. The standard InChI is InChI=1S/C15H18F3NO5/c1-23-12-8-10(2-4-11(12)24-9-15(16,17)18)3-5-13(20)19-7-6-14(21)22/h2,4,8H,3,5-7,9H2,1H3,(H,19,20)(H,21,22). The maximum absolute atomic E-state index is 12.2. The van der Waals surface area contributed by atoms with Gasteiger partial charge in [-0.25, -0.2) is 0 Å². The van der Waals surface area contributed by atoms with Crippen molar-refractivity contribution in [2.45, 2.75) is 25.4 Å². The first-order valence-electron chi connectivity index (χ1n) is 7.06. The van der Waals surface area contributed by atoms with E-state index in [1.165, 1.54) is 19.2 Å². The molecule has 2 N–H and O–H groups in total. The summed E-state index contributed by atoms with van der Waals surface area (Å²) in [4.78, 5) is 21.9. The molecule has 1 rings (SSSR count). The van der Waals surface area contributed by atoms with Crippen molar-refractivity contribution in [2.24, 2.45) is 0 Å². The number of rotatable bonds is 9. The number of carbonyl (C=O) groups excluding carboxylic acids is 1. The molecule has 134 valence electrons. The fourth-order valence-electron chi connectivity index (χ4n) is 1.80. The number of methoxy groups -OCH3 is 1. The number of hydrogen-bond acceptors (Lipinski definition) is 4. The summed E-state index contributed by atoms with van der Waals surface area (Å²) in [5.74, 6) is -1.21. The lowest BCUT2D eigenvalue weighted by Gasteiger charge is -2.13. The number of nitrogens with one attached hydrogen (secondary N) is 1. The van der Waals surface area contributed by atoms with Crippen LogP contribution in [0.4, 0.5) is 13.2 Å². The van der Waals surface area contributed by atoms with Gasteiger partial charge in [-0.2, -0.15) is 13.2 Å². The van der Waals surface area contributed by atoms with Crippen LogP contribution in [0.5, 0.6) is 11.5 Å². The van der Waals surface area contributed by atoms with E-state index in [2.05, 4.69) is 10.1 Å². The second-order valence-corrected chi connectivity index (χ2v) is 4.88. The molecule has 6 nitrogen and oxygen atoms in total. The van der Waals surface area contributed by atoms with E-state index in [1.54, 1.807) is 6.07 Å². The molecule has 1 amide bonds. The zero-order valence-corrected chi connectivity index (χ0v) is 13.0. The minimum absolute atomic E-state index is 0.0375. The van der Waals surface area contributed by atoms with Gasteiger partial charge in [0, 0.05) is 13.0 Å². The Balaban J connectivity index is 2.54. The van der Waals surface area contributed by atoms with Crippen LogP contribution in [0.2, 0.25) is 0 Å². The van der Waals surface area contributed by atoms with Gasteiger partial charge >= 0.3 is 12.1 Å². The average Bonchev–Trinajstić information content (AvgIpc) is 2.50. The quantitative estimate of drug-likeness (QED) is 0.714. The Kier molecular flexibility index (Phi) is 7.34. The third-order valence-corrected chi connectivity index (χ3v) is 2.92. The summed E-state index contributed by atoms with van der Waals surface area (Å²) < 4.78 is 46.2. The molecule has 0 atom stereocenters. The second kappa shape index (κ2) is 8.99. The number of amides is 1. The summed E-state index contributed by atoms with van der Waals surface area (Å²) in [6.45, 7) is -1.38. The molecule has 1 aromatic carbocycles.